The van der Waals surface area contributed by atoms with Crippen molar-refractivity contribution >= 4 is 64.9 Å². The van der Waals surface area contributed by atoms with E-state index in [2.05, 4.69) is 77.3 Å². The van der Waals surface area contributed by atoms with Crippen molar-refractivity contribution < 1.29 is 56.1 Å². The molecule has 422 valence electrons. The molecule has 0 aliphatic carbocycles. The fourth-order valence-electron chi connectivity index (χ4n) is 7.65. The topological polar surface area (TPSA) is 213 Å². The van der Waals surface area contributed by atoms with Crippen molar-refractivity contribution in [2.24, 2.45) is 0 Å². The van der Waals surface area contributed by atoms with E-state index in [1.807, 2.05) is 33.3 Å². The predicted octanol–water partition coefficient (Wildman–Crippen LogP) is 6.75. The van der Waals surface area contributed by atoms with Crippen molar-refractivity contribution in [1.82, 2.24) is 40.3 Å². The number of hydrogen-bond acceptors (Lipinski definition) is 18. The summed E-state index contributed by atoms with van der Waals surface area (Å²) in [5.41, 5.74) is 3.30. The third-order valence-electron chi connectivity index (χ3n) is 12.0. The number of halogens is 4. The minimum absolute atomic E-state index is 0.0421. The zero-order valence-corrected chi connectivity index (χ0v) is 46.9. The number of aldehydes is 2. The minimum atomic E-state index is -4.56. The second-order valence-corrected chi connectivity index (χ2v) is 21.1. The van der Waals surface area contributed by atoms with Crippen molar-refractivity contribution in [3.63, 3.8) is 0 Å². The van der Waals surface area contributed by atoms with Crippen LogP contribution in [-0.2, 0) is 36.6 Å². The normalized spacial score (nSPS) is 15.4. The molecule has 1 unspecified atom stereocenters. The van der Waals surface area contributed by atoms with Crippen LogP contribution in [0.3, 0.4) is 0 Å². The SMILES string of the molecule is CN1CCN(CCOCCOCCSC(C)(C)C(NC(=O)C(C)(C)F)C(=O)N2CCC[C@H]2C=O)CC1.CNCc1ccc(-c2scnc2C)cc1.CNc1nc(Nc2ccc(C=O)cc2OC)ncc1C(F)(F)F.CO. The van der Waals surface area contributed by atoms with Gasteiger partial charge in [0.2, 0.25) is 11.9 Å². The van der Waals surface area contributed by atoms with Crippen LogP contribution in [0.4, 0.5) is 35.0 Å². The monoisotopic (exact) mass is 1110 g/mol. The number of aromatic nitrogens is 3. The number of amides is 2. The van der Waals surface area contributed by atoms with Gasteiger partial charge in [0, 0.05) is 82.2 Å². The molecule has 2 aliphatic heterocycles. The van der Waals surface area contributed by atoms with E-state index in [1.54, 1.807) is 17.4 Å². The fraction of sp³-hybridized carbons (Fsp3) is 0.558. The molecule has 0 spiro atoms. The van der Waals surface area contributed by atoms with Gasteiger partial charge in [-0.25, -0.2) is 14.4 Å². The maximum absolute atomic E-state index is 14.3. The summed E-state index contributed by atoms with van der Waals surface area (Å²) < 4.78 is 68.4. The highest BCUT2D eigenvalue weighted by Gasteiger charge is 2.44. The average Bonchev–Trinajstić information content (AvgIpc) is 4.07. The van der Waals surface area contributed by atoms with E-state index in [1.165, 1.54) is 59.0 Å². The predicted molar refractivity (Wildman–Crippen MR) is 291 cm³/mol. The molecule has 6 rings (SSSR count). The lowest BCUT2D eigenvalue weighted by molar-refractivity contribution is -0.141. The first-order valence-electron chi connectivity index (χ1n) is 24.7. The Bertz CT molecular complexity index is 2390. The van der Waals surface area contributed by atoms with Gasteiger partial charge in [0.25, 0.3) is 5.91 Å². The van der Waals surface area contributed by atoms with E-state index in [9.17, 15) is 36.7 Å². The highest BCUT2D eigenvalue weighted by atomic mass is 32.2. The molecule has 2 aromatic heterocycles. The summed E-state index contributed by atoms with van der Waals surface area (Å²) in [7, 11) is 7.84. The number of carbonyl (C=O) groups excluding carboxylic acids is 4. The standard InChI is InChI=1S/C25H45FN4O5S.C14H13F3N4O2.C12H14N2S.CH4O/c1-24(2,26)23(33)27-21(22(32)30-8-6-7-20(30)19-31)25(3,4)36-18-17-35-16-15-34-14-13-29-11-9-28(5)10-12-29;1-18-12-9(14(15,16)17)6-19-13(21-12)20-10-4-3-8(7-22)5-11(10)23-2;1-9-12(15-8-14-9)11-5-3-10(4-6-11)7-13-2;1-2/h19-21H,6-18H2,1-5H3,(H,27,33);3-7H,1-2H3,(H2,18,19,20,21);3-6,8,13H,7H2,1-2H3;2H,1H3/t20-,21?;;;/m0.../s1. The third kappa shape index (κ3) is 20.9. The Morgan fingerprint density at radius 3 is 2.17 bits per heavy atom. The maximum Gasteiger partial charge on any atom is 0.421 e. The summed E-state index contributed by atoms with van der Waals surface area (Å²) in [5, 5.41) is 17.9. The number of aryl methyl sites for hydroxylation is 1. The molecule has 5 N–H and O–H groups in total. The van der Waals surface area contributed by atoms with Crippen molar-refractivity contribution in [3.05, 3.63) is 76.6 Å². The highest BCUT2D eigenvalue weighted by Crippen LogP contribution is 2.35. The first-order valence-corrected chi connectivity index (χ1v) is 26.6. The largest absolute Gasteiger partial charge is 0.495 e. The number of ether oxygens (including phenoxy) is 3. The number of likely N-dealkylation sites (N-methyl/N-ethyl adjacent to an activating group) is 1. The molecule has 4 heterocycles. The van der Waals surface area contributed by atoms with Gasteiger partial charge in [0.15, 0.2) is 5.67 Å². The minimum Gasteiger partial charge on any atom is -0.495 e. The lowest BCUT2D eigenvalue weighted by Gasteiger charge is -2.37. The molecule has 2 aliphatic rings. The quantitative estimate of drug-likeness (QED) is 0.0295. The van der Waals surface area contributed by atoms with E-state index in [0.29, 0.717) is 74.6 Å². The van der Waals surface area contributed by atoms with Gasteiger partial charge in [-0.05, 0) is 90.9 Å². The van der Waals surface area contributed by atoms with Gasteiger partial charge < -0.3 is 55.2 Å². The molecule has 76 heavy (non-hydrogen) atoms. The van der Waals surface area contributed by atoms with Gasteiger partial charge in [-0.3, -0.25) is 19.3 Å². The molecule has 4 aromatic rings. The molecular weight excluding hydrogens is 1030 g/mol. The number of anilines is 3. The van der Waals surface area contributed by atoms with Gasteiger partial charge in [0.05, 0.1) is 61.3 Å². The molecular formula is C52H76F4N10O8S2. The van der Waals surface area contributed by atoms with Crippen LogP contribution in [0.5, 0.6) is 5.75 Å². The lowest BCUT2D eigenvalue weighted by atomic mass is 9.99. The summed E-state index contributed by atoms with van der Waals surface area (Å²) in [6.07, 6.45) is -1.12. The molecule has 18 nitrogen and oxygen atoms in total. The van der Waals surface area contributed by atoms with Crippen LogP contribution in [0, 0.1) is 6.92 Å². The van der Waals surface area contributed by atoms with Crippen molar-refractivity contribution in [3.8, 4) is 16.2 Å². The first kappa shape index (κ1) is 64.9. The maximum atomic E-state index is 14.3. The summed E-state index contributed by atoms with van der Waals surface area (Å²) >= 11 is 3.17. The number of aliphatic hydroxyl groups excluding tert-OH is 1. The van der Waals surface area contributed by atoms with Gasteiger partial charge in [-0.15, -0.1) is 11.3 Å². The number of alkyl halides is 4. The number of piperazine rings is 1. The van der Waals surface area contributed by atoms with Crippen LogP contribution in [-0.4, -0.2) is 188 Å². The number of aliphatic hydroxyl groups is 1. The van der Waals surface area contributed by atoms with Crippen LogP contribution >= 0.6 is 23.1 Å². The molecule has 0 bridgehead atoms. The molecule has 24 heteroatoms. The van der Waals surface area contributed by atoms with Crippen LogP contribution < -0.4 is 26.0 Å². The van der Waals surface area contributed by atoms with Gasteiger partial charge in [-0.2, -0.15) is 29.9 Å². The molecule has 2 atom stereocenters. The second-order valence-electron chi connectivity index (χ2n) is 18.5. The zero-order valence-electron chi connectivity index (χ0n) is 45.2. The lowest BCUT2D eigenvalue weighted by Crippen LogP contribution is -2.60. The Morgan fingerprint density at radius 1 is 0.934 bits per heavy atom. The number of nitrogens with one attached hydrogen (secondary N) is 4. The van der Waals surface area contributed by atoms with E-state index in [4.69, 9.17) is 19.3 Å². The molecule has 2 fully saturated rings. The Balaban J connectivity index is 0.000000322. The zero-order chi connectivity index (χ0) is 56.5. The second kappa shape index (κ2) is 32.4. The number of hydrogen-bond donors (Lipinski definition) is 5. The smallest absolute Gasteiger partial charge is 0.421 e. The van der Waals surface area contributed by atoms with E-state index >= 15 is 0 Å². The van der Waals surface area contributed by atoms with Gasteiger partial charge in [0.1, 0.15) is 35.7 Å². The fourth-order valence-corrected chi connectivity index (χ4v) is 9.51. The average molecular weight is 1110 g/mol. The number of carbonyl (C=O) groups is 4. The number of nitrogens with zero attached hydrogens (tertiary/aromatic N) is 6. The van der Waals surface area contributed by atoms with Crippen molar-refractivity contribution in [2.45, 2.75) is 82.7 Å². The van der Waals surface area contributed by atoms with Gasteiger partial charge in [-0.1, -0.05) is 24.3 Å². The highest BCUT2D eigenvalue weighted by molar-refractivity contribution is 8.00. The number of rotatable bonds is 23. The molecule has 2 aromatic carbocycles. The first-order chi connectivity index (χ1) is 36.1. The Morgan fingerprint density at radius 2 is 1.61 bits per heavy atom. The molecule has 2 saturated heterocycles. The number of thioether (sulfide) groups is 1. The van der Waals surface area contributed by atoms with Crippen LogP contribution in [0.15, 0.2) is 54.2 Å². The third-order valence-corrected chi connectivity index (χ3v) is 14.3. The Kier molecular flexibility index (Phi) is 27.7. The van der Waals surface area contributed by atoms with E-state index in [0.717, 1.165) is 78.6 Å². The van der Waals surface area contributed by atoms with E-state index < -0.39 is 40.1 Å². The van der Waals surface area contributed by atoms with E-state index in [-0.39, 0.29) is 17.7 Å². The van der Waals surface area contributed by atoms with Crippen LogP contribution in [0.1, 0.15) is 67.7 Å². The van der Waals surface area contributed by atoms with Crippen LogP contribution in [0.2, 0.25) is 0 Å². The number of methoxy groups -OCH3 is 1. The van der Waals surface area contributed by atoms with Crippen molar-refractivity contribution in [1.29, 1.82) is 0 Å². The summed E-state index contributed by atoms with van der Waals surface area (Å²) in [6, 6.07) is 11.7. The number of thiazole rings is 1. The number of benzene rings is 2. The van der Waals surface area contributed by atoms with Crippen LogP contribution in [0.25, 0.3) is 10.4 Å². The molecule has 0 saturated carbocycles. The molecule has 0 radical (unpaired) electrons. The molecule has 2 amide bonds. The van der Waals surface area contributed by atoms with Gasteiger partial charge >= 0.3 is 6.18 Å². The Labute approximate surface area is 452 Å². The number of likely N-dealkylation sites (tertiary alicyclic amines) is 1. The summed E-state index contributed by atoms with van der Waals surface area (Å²) in [4.78, 5) is 67.2. The summed E-state index contributed by atoms with van der Waals surface area (Å²) in [5.74, 6) is -0.665. The van der Waals surface area contributed by atoms with Crippen molar-refractivity contribution in [2.75, 3.05) is 117 Å². The Hall–Kier alpha value is -5.34. The summed E-state index contributed by atoms with van der Waals surface area (Å²) in [6.45, 7) is 16.8.